The number of hydrogen-bond acceptors (Lipinski definition) is 4. The standard InChI is InChI=1S/C18H30O3S/c1-12(2)10-22-11-14-8-6-5-7-13-9-15-16(19)20-17(3,4)21-18(13,14)15/h12-15H,5-11H2,1-4H3/t13-,14-,15+,18-/m1/s1. The molecule has 1 spiro atoms. The molecule has 0 radical (unpaired) electrons. The van der Waals surface area contributed by atoms with Crippen LogP contribution in [0.25, 0.3) is 0 Å². The van der Waals surface area contributed by atoms with Crippen LogP contribution in [-0.4, -0.2) is 28.9 Å². The number of thioether (sulfide) groups is 1. The minimum Gasteiger partial charge on any atom is -0.433 e. The van der Waals surface area contributed by atoms with Gasteiger partial charge in [0.25, 0.3) is 0 Å². The molecule has 1 aliphatic heterocycles. The Bertz CT molecular complexity index is 434. The van der Waals surface area contributed by atoms with E-state index in [1.54, 1.807) is 0 Å². The lowest BCUT2D eigenvalue weighted by Crippen LogP contribution is -2.70. The Hall–Kier alpha value is -0.220. The van der Waals surface area contributed by atoms with Crippen LogP contribution in [0.15, 0.2) is 0 Å². The highest BCUT2D eigenvalue weighted by molar-refractivity contribution is 7.99. The van der Waals surface area contributed by atoms with Crippen molar-refractivity contribution in [3.05, 3.63) is 0 Å². The zero-order chi connectivity index (χ0) is 16.0. The smallest absolute Gasteiger partial charge is 0.314 e. The first-order valence-corrected chi connectivity index (χ1v) is 10.0. The van der Waals surface area contributed by atoms with E-state index in [-0.39, 0.29) is 17.5 Å². The molecule has 1 heterocycles. The van der Waals surface area contributed by atoms with Crippen LogP contribution in [0.5, 0.6) is 0 Å². The summed E-state index contributed by atoms with van der Waals surface area (Å²) in [6.45, 7) is 8.33. The van der Waals surface area contributed by atoms with E-state index in [4.69, 9.17) is 9.47 Å². The van der Waals surface area contributed by atoms with Gasteiger partial charge in [0.1, 0.15) is 0 Å². The Balaban J connectivity index is 1.82. The predicted octanol–water partition coefficient (Wildman–Crippen LogP) is 4.25. The molecule has 3 rings (SSSR count). The summed E-state index contributed by atoms with van der Waals surface area (Å²) in [6, 6.07) is 0. The highest BCUT2D eigenvalue weighted by atomic mass is 32.2. The van der Waals surface area contributed by atoms with Crippen molar-refractivity contribution in [3.8, 4) is 0 Å². The lowest BCUT2D eigenvalue weighted by molar-refractivity contribution is -0.359. The van der Waals surface area contributed by atoms with Crippen LogP contribution in [0.1, 0.15) is 59.8 Å². The monoisotopic (exact) mass is 326 g/mol. The van der Waals surface area contributed by atoms with Crippen LogP contribution in [-0.2, 0) is 14.3 Å². The summed E-state index contributed by atoms with van der Waals surface area (Å²) in [7, 11) is 0. The fraction of sp³-hybridized carbons (Fsp3) is 0.944. The topological polar surface area (TPSA) is 35.5 Å². The van der Waals surface area contributed by atoms with E-state index in [0.29, 0.717) is 11.8 Å². The minimum atomic E-state index is -0.766. The Labute approximate surface area is 138 Å². The van der Waals surface area contributed by atoms with Gasteiger partial charge in [-0.3, -0.25) is 4.79 Å². The largest absolute Gasteiger partial charge is 0.433 e. The van der Waals surface area contributed by atoms with Crippen LogP contribution in [0.2, 0.25) is 0 Å². The molecule has 3 fully saturated rings. The third kappa shape index (κ3) is 2.82. The fourth-order valence-electron chi connectivity index (χ4n) is 4.68. The zero-order valence-corrected chi connectivity index (χ0v) is 15.2. The van der Waals surface area contributed by atoms with Gasteiger partial charge in [0, 0.05) is 13.8 Å². The Morgan fingerprint density at radius 2 is 2.00 bits per heavy atom. The molecule has 0 bridgehead atoms. The van der Waals surface area contributed by atoms with E-state index in [9.17, 15) is 4.79 Å². The molecule has 0 N–H and O–H groups in total. The minimum absolute atomic E-state index is 0.0201. The summed E-state index contributed by atoms with van der Waals surface area (Å²) >= 11 is 2.04. The molecule has 4 atom stereocenters. The summed E-state index contributed by atoms with van der Waals surface area (Å²) < 4.78 is 12.0. The van der Waals surface area contributed by atoms with Crippen molar-refractivity contribution in [2.45, 2.75) is 71.2 Å². The van der Waals surface area contributed by atoms with Gasteiger partial charge in [-0.2, -0.15) is 11.8 Å². The van der Waals surface area contributed by atoms with E-state index < -0.39 is 5.79 Å². The van der Waals surface area contributed by atoms with Gasteiger partial charge < -0.3 is 9.47 Å². The molecule has 0 unspecified atom stereocenters. The Kier molecular flexibility index (Phi) is 4.54. The molecule has 0 aromatic carbocycles. The Morgan fingerprint density at radius 3 is 2.73 bits per heavy atom. The van der Waals surface area contributed by atoms with Crippen LogP contribution in [0.4, 0.5) is 0 Å². The van der Waals surface area contributed by atoms with Crippen LogP contribution >= 0.6 is 11.8 Å². The first-order chi connectivity index (χ1) is 10.3. The van der Waals surface area contributed by atoms with Crippen molar-refractivity contribution >= 4 is 17.7 Å². The summed E-state index contributed by atoms with van der Waals surface area (Å²) in [5.41, 5.74) is -0.237. The van der Waals surface area contributed by atoms with E-state index in [2.05, 4.69) is 13.8 Å². The van der Waals surface area contributed by atoms with Gasteiger partial charge in [-0.1, -0.05) is 26.7 Å². The number of hydrogen-bond donors (Lipinski definition) is 0. The second-order valence-corrected chi connectivity index (χ2v) is 9.25. The third-order valence-corrected chi connectivity index (χ3v) is 7.06. The number of cyclic esters (lactones) is 1. The maximum absolute atomic E-state index is 12.5. The van der Waals surface area contributed by atoms with Gasteiger partial charge in [0.15, 0.2) is 0 Å². The van der Waals surface area contributed by atoms with E-state index in [1.165, 1.54) is 31.4 Å². The van der Waals surface area contributed by atoms with Gasteiger partial charge in [0.05, 0.1) is 11.5 Å². The normalized spacial score (nSPS) is 40.2. The number of ether oxygens (including phenoxy) is 2. The lowest BCUT2D eigenvalue weighted by atomic mass is 9.54. The van der Waals surface area contributed by atoms with Gasteiger partial charge in [0.2, 0.25) is 5.79 Å². The maximum Gasteiger partial charge on any atom is 0.314 e. The molecule has 1 saturated heterocycles. The summed E-state index contributed by atoms with van der Waals surface area (Å²) in [5.74, 6) is 3.27. The van der Waals surface area contributed by atoms with Crippen molar-refractivity contribution in [1.29, 1.82) is 0 Å². The third-order valence-electron chi connectivity index (χ3n) is 5.52. The molecule has 0 aromatic heterocycles. The van der Waals surface area contributed by atoms with Crippen molar-refractivity contribution in [2.24, 2.45) is 23.7 Å². The second kappa shape index (κ2) is 6.01. The number of carbonyl (C=O) groups excluding carboxylic acids is 1. The lowest BCUT2D eigenvalue weighted by Gasteiger charge is -2.62. The van der Waals surface area contributed by atoms with Crippen LogP contribution in [0, 0.1) is 23.7 Å². The maximum atomic E-state index is 12.5. The first-order valence-electron chi connectivity index (χ1n) is 8.86. The summed E-state index contributed by atoms with van der Waals surface area (Å²) in [5, 5.41) is 0. The molecule has 126 valence electrons. The van der Waals surface area contributed by atoms with E-state index in [1.807, 2.05) is 25.6 Å². The van der Waals surface area contributed by atoms with Crippen molar-refractivity contribution in [3.63, 3.8) is 0 Å². The molecule has 22 heavy (non-hydrogen) atoms. The molecular weight excluding hydrogens is 296 g/mol. The Morgan fingerprint density at radius 1 is 1.27 bits per heavy atom. The second-order valence-electron chi connectivity index (χ2n) is 8.17. The van der Waals surface area contributed by atoms with E-state index >= 15 is 0 Å². The first kappa shape index (κ1) is 16.6. The molecule has 4 heteroatoms. The molecule has 0 amide bonds. The van der Waals surface area contributed by atoms with Crippen LogP contribution < -0.4 is 0 Å². The average Bonchev–Trinajstić information content (AvgIpc) is 2.49. The van der Waals surface area contributed by atoms with Gasteiger partial charge >= 0.3 is 5.97 Å². The average molecular weight is 327 g/mol. The van der Waals surface area contributed by atoms with Crippen molar-refractivity contribution < 1.29 is 14.3 Å². The fourth-order valence-corrected chi connectivity index (χ4v) is 6.00. The SMILES string of the molecule is CC(C)CSC[C@H]1CCCC[C@@H]2C[C@H]3C(=O)OC(C)(C)O[C@@]123. The molecule has 2 saturated carbocycles. The molecular formula is C18H30O3S. The predicted molar refractivity (Wildman–Crippen MR) is 89.7 cm³/mol. The van der Waals surface area contributed by atoms with Gasteiger partial charge in [-0.05, 0) is 48.5 Å². The molecule has 3 aliphatic rings. The summed E-state index contributed by atoms with van der Waals surface area (Å²) in [4.78, 5) is 12.5. The molecule has 2 aliphatic carbocycles. The number of carbonyl (C=O) groups is 1. The molecule has 3 nitrogen and oxygen atoms in total. The van der Waals surface area contributed by atoms with Crippen LogP contribution in [0.3, 0.4) is 0 Å². The van der Waals surface area contributed by atoms with Gasteiger partial charge in [-0.15, -0.1) is 0 Å². The van der Waals surface area contributed by atoms with Crippen molar-refractivity contribution in [1.82, 2.24) is 0 Å². The van der Waals surface area contributed by atoms with Gasteiger partial charge in [-0.25, -0.2) is 0 Å². The van der Waals surface area contributed by atoms with E-state index in [0.717, 1.165) is 18.1 Å². The highest BCUT2D eigenvalue weighted by Crippen LogP contribution is 2.61. The summed E-state index contributed by atoms with van der Waals surface area (Å²) in [6.07, 6.45) is 5.94. The quantitative estimate of drug-likeness (QED) is 0.724. The number of rotatable bonds is 4. The van der Waals surface area contributed by atoms with Crippen molar-refractivity contribution in [2.75, 3.05) is 11.5 Å². The highest BCUT2D eigenvalue weighted by Gasteiger charge is 2.68. The molecule has 0 aromatic rings. The number of esters is 1. The zero-order valence-electron chi connectivity index (χ0n) is 14.4.